The van der Waals surface area contributed by atoms with E-state index in [0.29, 0.717) is 12.6 Å². The van der Waals surface area contributed by atoms with Crippen LogP contribution in [0.25, 0.3) is 0 Å². The third-order valence-electron chi connectivity index (χ3n) is 3.88. The zero-order chi connectivity index (χ0) is 13.8. The Morgan fingerprint density at radius 2 is 1.95 bits per heavy atom. The van der Waals surface area contributed by atoms with Crippen molar-refractivity contribution in [3.63, 3.8) is 0 Å². The van der Waals surface area contributed by atoms with E-state index in [9.17, 15) is 4.39 Å². The Hall–Kier alpha value is -1.13. The highest BCUT2D eigenvalue weighted by molar-refractivity contribution is 5.49. The maximum Gasteiger partial charge on any atom is 0.125 e. The Morgan fingerprint density at radius 3 is 2.53 bits per heavy atom. The van der Waals surface area contributed by atoms with Crippen molar-refractivity contribution in [2.24, 2.45) is 0 Å². The van der Waals surface area contributed by atoms with Crippen LogP contribution < -0.4 is 10.2 Å². The van der Waals surface area contributed by atoms with Crippen LogP contribution in [0.4, 0.5) is 10.1 Å². The molecule has 1 saturated heterocycles. The van der Waals surface area contributed by atoms with Gasteiger partial charge in [-0.3, -0.25) is 0 Å². The minimum atomic E-state index is -0.141. The number of nitrogens with one attached hydrogen (secondary N) is 1. The van der Waals surface area contributed by atoms with E-state index in [0.717, 1.165) is 37.2 Å². The summed E-state index contributed by atoms with van der Waals surface area (Å²) >= 11 is 0. The number of halogens is 1. The summed E-state index contributed by atoms with van der Waals surface area (Å²) in [4.78, 5) is 4.58. The van der Waals surface area contributed by atoms with E-state index in [4.69, 9.17) is 0 Å². The molecule has 0 bridgehead atoms. The molecule has 4 heteroatoms. The summed E-state index contributed by atoms with van der Waals surface area (Å²) in [5.41, 5.74) is 2.02. The molecule has 1 heterocycles. The van der Waals surface area contributed by atoms with Crippen LogP contribution in [0.15, 0.2) is 18.2 Å². The zero-order valence-corrected chi connectivity index (χ0v) is 12.1. The minimum absolute atomic E-state index is 0.141. The van der Waals surface area contributed by atoms with E-state index in [1.807, 2.05) is 7.05 Å². The van der Waals surface area contributed by atoms with E-state index in [-0.39, 0.29) is 5.82 Å². The fourth-order valence-corrected chi connectivity index (χ4v) is 2.76. The Labute approximate surface area is 115 Å². The van der Waals surface area contributed by atoms with Gasteiger partial charge in [0.2, 0.25) is 0 Å². The van der Waals surface area contributed by atoms with E-state index in [1.54, 1.807) is 12.1 Å². The molecule has 0 aromatic heterocycles. The maximum atomic E-state index is 13.6. The molecule has 1 aromatic carbocycles. The van der Waals surface area contributed by atoms with Crippen LogP contribution in [0, 0.1) is 5.82 Å². The van der Waals surface area contributed by atoms with Crippen LogP contribution in [0.1, 0.15) is 18.4 Å². The second-order valence-electron chi connectivity index (χ2n) is 5.53. The summed E-state index contributed by atoms with van der Waals surface area (Å²) in [5.74, 6) is -0.141. The molecule has 3 nitrogen and oxygen atoms in total. The fraction of sp³-hybridized carbons (Fsp3) is 0.600. The van der Waals surface area contributed by atoms with Gasteiger partial charge in [-0.1, -0.05) is 0 Å². The summed E-state index contributed by atoms with van der Waals surface area (Å²) in [7, 11) is 6.15. The zero-order valence-electron chi connectivity index (χ0n) is 12.1. The highest BCUT2D eigenvalue weighted by Crippen LogP contribution is 2.24. The number of piperidine rings is 1. The second kappa shape index (κ2) is 6.35. The normalized spacial score (nSPS) is 17.2. The van der Waals surface area contributed by atoms with Crippen LogP contribution in [-0.4, -0.2) is 45.2 Å². The molecule has 0 saturated carbocycles. The molecule has 1 aromatic rings. The molecule has 1 aliphatic heterocycles. The van der Waals surface area contributed by atoms with Gasteiger partial charge in [-0.25, -0.2) is 4.39 Å². The first-order valence-corrected chi connectivity index (χ1v) is 6.95. The lowest BCUT2D eigenvalue weighted by Crippen LogP contribution is -2.42. The van der Waals surface area contributed by atoms with Gasteiger partial charge in [-0.05, 0) is 57.7 Å². The number of hydrogen-bond acceptors (Lipinski definition) is 3. The molecule has 0 aliphatic carbocycles. The molecular formula is C15H24FN3. The molecule has 0 atom stereocenters. The van der Waals surface area contributed by atoms with E-state index < -0.39 is 0 Å². The van der Waals surface area contributed by atoms with Crippen LogP contribution in [-0.2, 0) is 6.54 Å². The lowest BCUT2D eigenvalue weighted by molar-refractivity contribution is 0.249. The Morgan fingerprint density at radius 1 is 1.26 bits per heavy atom. The Balaban J connectivity index is 2.06. The molecule has 0 unspecified atom stereocenters. The first-order chi connectivity index (χ1) is 9.10. The third-order valence-corrected chi connectivity index (χ3v) is 3.88. The molecule has 0 radical (unpaired) electrons. The first kappa shape index (κ1) is 14.3. The lowest BCUT2D eigenvalue weighted by Gasteiger charge is -2.36. The molecule has 19 heavy (non-hydrogen) atoms. The average molecular weight is 265 g/mol. The number of benzene rings is 1. The van der Waals surface area contributed by atoms with E-state index in [2.05, 4.69) is 35.3 Å². The van der Waals surface area contributed by atoms with Gasteiger partial charge in [0.15, 0.2) is 0 Å². The predicted octanol–water partition coefficient (Wildman–Crippen LogP) is 2.08. The summed E-state index contributed by atoms with van der Waals surface area (Å²) in [6.07, 6.45) is 2.29. The standard InChI is InChI=1S/C15H24FN3/c1-17-11-12-8-13(16)10-15(9-12)19-6-4-14(5-7-19)18(2)3/h8-10,14,17H,4-7,11H2,1-3H3. The average Bonchev–Trinajstić information content (AvgIpc) is 2.38. The van der Waals surface area contributed by atoms with Crippen molar-refractivity contribution >= 4 is 5.69 Å². The topological polar surface area (TPSA) is 18.5 Å². The van der Waals surface area contributed by atoms with Crippen LogP contribution in [0.2, 0.25) is 0 Å². The van der Waals surface area contributed by atoms with Crippen molar-refractivity contribution < 1.29 is 4.39 Å². The van der Waals surface area contributed by atoms with Gasteiger partial charge >= 0.3 is 0 Å². The van der Waals surface area contributed by atoms with Crippen molar-refractivity contribution in [1.29, 1.82) is 0 Å². The van der Waals surface area contributed by atoms with Gasteiger partial charge in [0, 0.05) is 31.4 Å². The van der Waals surface area contributed by atoms with Crippen LogP contribution in [0.5, 0.6) is 0 Å². The molecule has 1 aliphatic rings. The number of anilines is 1. The van der Waals surface area contributed by atoms with Crippen molar-refractivity contribution in [2.45, 2.75) is 25.4 Å². The number of nitrogens with zero attached hydrogens (tertiary/aromatic N) is 2. The molecule has 0 amide bonds. The van der Waals surface area contributed by atoms with Crippen LogP contribution >= 0.6 is 0 Å². The Bertz CT molecular complexity index is 412. The third kappa shape index (κ3) is 3.67. The molecule has 1 N–H and O–H groups in total. The summed E-state index contributed by atoms with van der Waals surface area (Å²) in [5, 5.41) is 3.07. The predicted molar refractivity (Wildman–Crippen MR) is 78.1 cm³/mol. The number of hydrogen-bond donors (Lipinski definition) is 1. The minimum Gasteiger partial charge on any atom is -0.371 e. The smallest absolute Gasteiger partial charge is 0.125 e. The van der Waals surface area contributed by atoms with Gasteiger partial charge in [0.25, 0.3) is 0 Å². The van der Waals surface area contributed by atoms with Crippen molar-refractivity contribution in [3.05, 3.63) is 29.6 Å². The van der Waals surface area contributed by atoms with Gasteiger partial charge in [0.1, 0.15) is 5.82 Å². The molecule has 1 fully saturated rings. The molecule has 2 rings (SSSR count). The fourth-order valence-electron chi connectivity index (χ4n) is 2.76. The van der Waals surface area contributed by atoms with Gasteiger partial charge in [-0.2, -0.15) is 0 Å². The van der Waals surface area contributed by atoms with Crippen molar-refractivity contribution in [3.8, 4) is 0 Å². The first-order valence-electron chi connectivity index (χ1n) is 6.95. The highest BCUT2D eigenvalue weighted by Gasteiger charge is 2.21. The van der Waals surface area contributed by atoms with Crippen molar-refractivity contribution in [2.75, 3.05) is 39.1 Å². The van der Waals surface area contributed by atoms with E-state index >= 15 is 0 Å². The monoisotopic (exact) mass is 265 g/mol. The summed E-state index contributed by atoms with van der Waals surface area (Å²) in [6, 6.07) is 6.00. The largest absolute Gasteiger partial charge is 0.371 e. The Kier molecular flexibility index (Phi) is 4.77. The number of rotatable bonds is 4. The van der Waals surface area contributed by atoms with Gasteiger partial charge in [0.05, 0.1) is 0 Å². The van der Waals surface area contributed by atoms with Crippen molar-refractivity contribution in [1.82, 2.24) is 10.2 Å². The summed E-state index contributed by atoms with van der Waals surface area (Å²) in [6.45, 7) is 2.72. The quantitative estimate of drug-likeness (QED) is 0.899. The van der Waals surface area contributed by atoms with Gasteiger partial charge in [-0.15, -0.1) is 0 Å². The summed E-state index contributed by atoms with van der Waals surface area (Å²) < 4.78 is 13.6. The second-order valence-corrected chi connectivity index (χ2v) is 5.53. The van der Waals surface area contributed by atoms with Crippen LogP contribution in [0.3, 0.4) is 0 Å². The molecular weight excluding hydrogens is 241 g/mol. The SMILES string of the molecule is CNCc1cc(F)cc(N2CCC(N(C)C)CC2)c1. The maximum absolute atomic E-state index is 13.6. The highest BCUT2D eigenvalue weighted by atomic mass is 19.1. The molecule has 0 spiro atoms. The lowest BCUT2D eigenvalue weighted by atomic mass is 10.0. The van der Waals surface area contributed by atoms with E-state index in [1.165, 1.54) is 0 Å². The molecule has 106 valence electrons. The van der Waals surface area contributed by atoms with Gasteiger partial charge < -0.3 is 15.1 Å².